The Balaban J connectivity index is 1.92. The zero-order chi connectivity index (χ0) is 9.80. The highest BCUT2D eigenvalue weighted by molar-refractivity contribution is 8.00. The van der Waals surface area contributed by atoms with Gasteiger partial charge >= 0.3 is 0 Å². The van der Waals surface area contributed by atoms with E-state index in [2.05, 4.69) is 44.0 Å². The lowest BCUT2D eigenvalue weighted by atomic mass is 10.0. The zero-order valence-corrected chi connectivity index (χ0v) is 9.39. The summed E-state index contributed by atoms with van der Waals surface area (Å²) in [7, 11) is 0. The van der Waals surface area contributed by atoms with Crippen LogP contribution in [0.15, 0.2) is 29.2 Å². The molecule has 1 atom stereocenters. The van der Waals surface area contributed by atoms with Crippen LogP contribution in [0.2, 0.25) is 0 Å². The minimum atomic E-state index is 0.700. The number of aryl methyl sites for hydroxylation is 1. The summed E-state index contributed by atoms with van der Waals surface area (Å²) in [5, 5.41) is 0.700. The van der Waals surface area contributed by atoms with Crippen molar-refractivity contribution in [3.05, 3.63) is 42.7 Å². The lowest BCUT2D eigenvalue weighted by Crippen LogP contribution is -2.08. The molecule has 0 aromatic heterocycles. The summed E-state index contributed by atoms with van der Waals surface area (Å²) in [6.07, 6.45) is 8.61. The van der Waals surface area contributed by atoms with Gasteiger partial charge in [-0.25, -0.2) is 0 Å². The highest BCUT2D eigenvalue weighted by Gasteiger charge is 2.14. The van der Waals surface area contributed by atoms with Crippen molar-refractivity contribution in [2.45, 2.75) is 36.3 Å². The maximum atomic E-state index is 2.45. The Morgan fingerprint density at radius 2 is 1.93 bits per heavy atom. The van der Waals surface area contributed by atoms with Gasteiger partial charge < -0.3 is 0 Å². The number of rotatable bonds is 2. The topological polar surface area (TPSA) is 0 Å². The highest BCUT2D eigenvalue weighted by Crippen LogP contribution is 2.32. The van der Waals surface area contributed by atoms with Crippen LogP contribution in [0.1, 0.15) is 24.8 Å². The molecule has 14 heavy (non-hydrogen) atoms. The van der Waals surface area contributed by atoms with E-state index in [1.54, 1.807) is 0 Å². The standard InChI is InChI=1S/C13H16S/c1-11-7-9-13(10-8-11)14-12-5-3-2-4-6-12/h3,6-10,12H,2,4-5H2,1H3. The molecule has 74 valence electrons. The Morgan fingerprint density at radius 1 is 1.14 bits per heavy atom. The van der Waals surface area contributed by atoms with Crippen molar-refractivity contribution in [1.29, 1.82) is 0 Å². The maximum Gasteiger partial charge on any atom is 0.0128 e. The van der Waals surface area contributed by atoms with Crippen molar-refractivity contribution in [2.24, 2.45) is 0 Å². The SMILES string of the molecule is Cc1ccc(SC2[CH]CC[CH]C2)cc1. The van der Waals surface area contributed by atoms with Crippen molar-refractivity contribution < 1.29 is 0 Å². The molecule has 0 nitrogen and oxygen atoms in total. The van der Waals surface area contributed by atoms with Crippen LogP contribution in [0.5, 0.6) is 0 Å². The first kappa shape index (κ1) is 10.1. The van der Waals surface area contributed by atoms with E-state index in [9.17, 15) is 0 Å². The van der Waals surface area contributed by atoms with Crippen molar-refractivity contribution in [2.75, 3.05) is 0 Å². The molecule has 1 aliphatic rings. The monoisotopic (exact) mass is 204 g/mol. The molecule has 0 aliphatic heterocycles. The fourth-order valence-electron chi connectivity index (χ4n) is 1.67. The molecule has 0 spiro atoms. The van der Waals surface area contributed by atoms with E-state index in [4.69, 9.17) is 0 Å². The first-order valence-corrected chi connectivity index (χ1v) is 6.11. The Kier molecular flexibility index (Phi) is 3.52. The van der Waals surface area contributed by atoms with E-state index < -0.39 is 0 Å². The number of hydrogen-bond acceptors (Lipinski definition) is 1. The van der Waals surface area contributed by atoms with E-state index in [0.717, 1.165) is 0 Å². The second kappa shape index (κ2) is 4.88. The molecular formula is C13H16S. The fraction of sp³-hybridized carbons (Fsp3) is 0.385. The van der Waals surface area contributed by atoms with E-state index in [1.807, 2.05) is 11.8 Å². The molecule has 0 amide bonds. The summed E-state index contributed by atoms with van der Waals surface area (Å²) in [6.45, 7) is 2.13. The van der Waals surface area contributed by atoms with E-state index in [0.29, 0.717) is 5.25 Å². The minimum Gasteiger partial charge on any atom is -0.122 e. The molecular weight excluding hydrogens is 188 g/mol. The van der Waals surface area contributed by atoms with Crippen LogP contribution in [0.25, 0.3) is 0 Å². The molecule has 1 saturated carbocycles. The molecule has 0 heterocycles. The Bertz CT molecular complexity index is 270. The van der Waals surface area contributed by atoms with Crippen LogP contribution in [0.4, 0.5) is 0 Å². The van der Waals surface area contributed by atoms with E-state index in [-0.39, 0.29) is 0 Å². The molecule has 1 fully saturated rings. The molecule has 2 radical (unpaired) electrons. The summed E-state index contributed by atoms with van der Waals surface area (Å²) in [6, 6.07) is 8.83. The average molecular weight is 204 g/mol. The molecule has 1 unspecified atom stereocenters. The van der Waals surface area contributed by atoms with Crippen LogP contribution >= 0.6 is 11.8 Å². The quantitative estimate of drug-likeness (QED) is 0.700. The van der Waals surface area contributed by atoms with Crippen LogP contribution < -0.4 is 0 Å². The van der Waals surface area contributed by atoms with E-state index in [1.165, 1.54) is 29.7 Å². The lowest BCUT2D eigenvalue weighted by Gasteiger charge is -2.20. The molecule has 0 N–H and O–H groups in total. The Labute approximate surface area is 91.1 Å². The number of benzene rings is 1. The molecule has 1 aromatic rings. The summed E-state index contributed by atoms with van der Waals surface area (Å²) in [5.74, 6) is 0. The van der Waals surface area contributed by atoms with Crippen molar-refractivity contribution >= 4 is 11.8 Å². The zero-order valence-electron chi connectivity index (χ0n) is 8.57. The molecule has 1 aromatic carbocycles. The van der Waals surface area contributed by atoms with Gasteiger partial charge in [0.1, 0.15) is 0 Å². The Morgan fingerprint density at radius 3 is 2.57 bits per heavy atom. The summed E-state index contributed by atoms with van der Waals surface area (Å²) in [5.41, 5.74) is 1.34. The molecule has 1 aliphatic carbocycles. The molecule has 0 bridgehead atoms. The Hall–Kier alpha value is -0.430. The predicted octanol–water partition coefficient (Wildman–Crippen LogP) is 4.05. The van der Waals surface area contributed by atoms with Crippen molar-refractivity contribution in [3.8, 4) is 0 Å². The third-order valence-electron chi connectivity index (χ3n) is 2.51. The third kappa shape index (κ3) is 2.78. The fourth-order valence-corrected chi connectivity index (χ4v) is 2.77. The van der Waals surface area contributed by atoms with Gasteiger partial charge in [0, 0.05) is 10.1 Å². The first-order valence-electron chi connectivity index (χ1n) is 5.23. The van der Waals surface area contributed by atoms with Crippen LogP contribution in [-0.4, -0.2) is 5.25 Å². The van der Waals surface area contributed by atoms with E-state index >= 15 is 0 Å². The van der Waals surface area contributed by atoms with Gasteiger partial charge in [-0.3, -0.25) is 0 Å². The van der Waals surface area contributed by atoms with Gasteiger partial charge in [0.25, 0.3) is 0 Å². The smallest absolute Gasteiger partial charge is 0.0128 e. The van der Waals surface area contributed by atoms with Crippen LogP contribution in [0.3, 0.4) is 0 Å². The van der Waals surface area contributed by atoms with Gasteiger partial charge in [-0.1, -0.05) is 17.7 Å². The average Bonchev–Trinajstić information content (AvgIpc) is 2.23. The predicted molar refractivity (Wildman–Crippen MR) is 63.3 cm³/mol. The van der Waals surface area contributed by atoms with Crippen molar-refractivity contribution in [1.82, 2.24) is 0 Å². The normalized spacial score (nSPS) is 18.4. The number of hydrogen-bond donors (Lipinski definition) is 0. The molecule has 0 saturated heterocycles. The second-order valence-corrected chi connectivity index (χ2v) is 5.12. The summed E-state index contributed by atoms with van der Waals surface area (Å²) >= 11 is 1.99. The van der Waals surface area contributed by atoms with Gasteiger partial charge in [0.05, 0.1) is 0 Å². The maximum absolute atomic E-state index is 2.45. The van der Waals surface area contributed by atoms with Gasteiger partial charge in [-0.2, -0.15) is 0 Å². The first-order chi connectivity index (χ1) is 6.84. The minimum absolute atomic E-state index is 0.700. The second-order valence-electron chi connectivity index (χ2n) is 3.81. The molecule has 1 heteroatoms. The van der Waals surface area contributed by atoms with Crippen LogP contribution in [-0.2, 0) is 0 Å². The summed E-state index contributed by atoms with van der Waals surface area (Å²) < 4.78 is 0. The third-order valence-corrected chi connectivity index (χ3v) is 3.74. The van der Waals surface area contributed by atoms with Crippen LogP contribution in [0, 0.1) is 19.8 Å². The van der Waals surface area contributed by atoms with Gasteiger partial charge in [0.2, 0.25) is 0 Å². The van der Waals surface area contributed by atoms with Crippen molar-refractivity contribution in [3.63, 3.8) is 0 Å². The lowest BCUT2D eigenvalue weighted by molar-refractivity contribution is 0.726. The molecule has 2 rings (SSSR count). The highest BCUT2D eigenvalue weighted by atomic mass is 32.2. The number of thioether (sulfide) groups is 1. The largest absolute Gasteiger partial charge is 0.122 e. The summed E-state index contributed by atoms with van der Waals surface area (Å²) in [4.78, 5) is 1.40. The van der Waals surface area contributed by atoms with Gasteiger partial charge in [0.15, 0.2) is 0 Å². The van der Waals surface area contributed by atoms with Gasteiger partial charge in [-0.15, -0.1) is 11.8 Å². The van der Waals surface area contributed by atoms with Gasteiger partial charge in [-0.05, 0) is 51.2 Å².